The maximum atomic E-state index is 11.5. The van der Waals surface area contributed by atoms with E-state index in [4.69, 9.17) is 5.73 Å². The van der Waals surface area contributed by atoms with Gasteiger partial charge in [0.1, 0.15) is 0 Å². The Hall–Kier alpha value is -1.38. The Kier molecular flexibility index (Phi) is 5.25. The van der Waals surface area contributed by atoms with Crippen molar-refractivity contribution < 1.29 is 8.42 Å². The van der Waals surface area contributed by atoms with Crippen LogP contribution in [0.15, 0.2) is 61.3 Å². The molecule has 5 nitrogen and oxygen atoms in total. The molecule has 0 aliphatic rings. The Morgan fingerprint density at radius 2 is 1.91 bits per heavy atom. The van der Waals surface area contributed by atoms with Gasteiger partial charge in [-0.3, -0.25) is 0 Å². The highest BCUT2D eigenvalue weighted by atomic mass is 79.9. The monoisotopic (exact) mass is 445 g/mol. The van der Waals surface area contributed by atoms with E-state index in [0.717, 1.165) is 15.2 Å². The van der Waals surface area contributed by atoms with Gasteiger partial charge in [-0.15, -0.1) is 0 Å². The lowest BCUT2D eigenvalue weighted by molar-refractivity contribution is 0.602. The molecule has 0 saturated heterocycles. The second kappa shape index (κ2) is 6.80. The van der Waals surface area contributed by atoms with Crippen molar-refractivity contribution in [1.29, 1.82) is 0 Å². The third kappa shape index (κ3) is 4.56. The Morgan fingerprint density at radius 3 is 2.59 bits per heavy atom. The molecular weight excluding hydrogens is 434 g/mol. The molecule has 0 bridgehead atoms. The van der Waals surface area contributed by atoms with E-state index in [0.29, 0.717) is 11.4 Å². The third-order valence-electron chi connectivity index (χ3n) is 2.68. The van der Waals surface area contributed by atoms with E-state index in [1.165, 1.54) is 12.1 Å². The number of rotatable bonds is 3. The summed E-state index contributed by atoms with van der Waals surface area (Å²) in [6.07, 6.45) is 1.15. The first kappa shape index (κ1) is 17.0. The van der Waals surface area contributed by atoms with Crippen LogP contribution in [0.2, 0.25) is 0 Å². The number of anilines is 1. The van der Waals surface area contributed by atoms with Gasteiger partial charge in [0.05, 0.1) is 10.6 Å². The molecule has 3 N–H and O–H groups in total. The largest absolute Gasteiger partial charge is 0.369 e. The first-order chi connectivity index (χ1) is 10.3. The van der Waals surface area contributed by atoms with Crippen LogP contribution < -0.4 is 11.1 Å². The second-order valence-electron chi connectivity index (χ2n) is 4.52. The molecule has 0 fully saturated rings. The fourth-order valence-corrected chi connectivity index (χ4v) is 3.03. The number of nitrogens with two attached hydrogens (primary N) is 1. The van der Waals surface area contributed by atoms with E-state index < -0.39 is 9.84 Å². The summed E-state index contributed by atoms with van der Waals surface area (Å²) in [6, 6.07) is 11.9. The number of nitrogens with zero attached hydrogens (tertiary/aromatic N) is 1. The van der Waals surface area contributed by atoms with Crippen molar-refractivity contribution >= 4 is 59.0 Å². The lowest BCUT2D eigenvalue weighted by atomic mass is 10.3. The molecule has 0 amide bonds. The number of benzene rings is 2. The molecule has 8 heteroatoms. The van der Waals surface area contributed by atoms with Crippen LogP contribution in [0, 0.1) is 0 Å². The van der Waals surface area contributed by atoms with E-state index in [-0.39, 0.29) is 10.9 Å². The van der Waals surface area contributed by atoms with Gasteiger partial charge in [-0.05, 0) is 52.3 Å². The summed E-state index contributed by atoms with van der Waals surface area (Å²) in [5.41, 5.74) is 7.07. The summed E-state index contributed by atoms with van der Waals surface area (Å²) < 4.78 is 24.8. The molecule has 0 aliphatic carbocycles. The van der Waals surface area contributed by atoms with Crippen LogP contribution in [-0.4, -0.2) is 20.6 Å². The highest BCUT2D eigenvalue weighted by Gasteiger charge is 2.08. The van der Waals surface area contributed by atoms with Crippen LogP contribution in [0.4, 0.5) is 11.4 Å². The molecule has 22 heavy (non-hydrogen) atoms. The number of aliphatic imine (C=N–C) groups is 1. The van der Waals surface area contributed by atoms with Gasteiger partial charge in [0.15, 0.2) is 15.8 Å². The van der Waals surface area contributed by atoms with Crippen LogP contribution in [0.3, 0.4) is 0 Å². The summed E-state index contributed by atoms with van der Waals surface area (Å²) >= 11 is 6.76. The Morgan fingerprint density at radius 1 is 1.18 bits per heavy atom. The van der Waals surface area contributed by atoms with Crippen LogP contribution in [0.1, 0.15) is 0 Å². The molecule has 0 radical (unpaired) electrons. The second-order valence-corrected chi connectivity index (χ2v) is 8.30. The van der Waals surface area contributed by atoms with Crippen molar-refractivity contribution in [2.45, 2.75) is 4.90 Å². The zero-order valence-electron chi connectivity index (χ0n) is 11.5. The molecule has 116 valence electrons. The number of halogens is 2. The van der Waals surface area contributed by atoms with Gasteiger partial charge < -0.3 is 11.1 Å². The van der Waals surface area contributed by atoms with Gasteiger partial charge in [0.25, 0.3) is 0 Å². The average Bonchev–Trinajstić information content (AvgIpc) is 2.42. The normalized spacial score (nSPS) is 12.2. The van der Waals surface area contributed by atoms with Crippen molar-refractivity contribution in [2.75, 3.05) is 11.6 Å². The Labute approximate surface area is 145 Å². The van der Waals surface area contributed by atoms with Crippen molar-refractivity contribution in [3.05, 3.63) is 51.4 Å². The van der Waals surface area contributed by atoms with E-state index in [1.54, 1.807) is 12.1 Å². The summed E-state index contributed by atoms with van der Waals surface area (Å²) in [4.78, 5) is 4.48. The fourth-order valence-electron chi connectivity index (χ4n) is 1.68. The van der Waals surface area contributed by atoms with Crippen molar-refractivity contribution in [3.8, 4) is 0 Å². The molecule has 0 heterocycles. The van der Waals surface area contributed by atoms with E-state index in [9.17, 15) is 8.42 Å². The maximum Gasteiger partial charge on any atom is 0.198 e. The molecular formula is C14H13Br2N3O2S. The zero-order valence-corrected chi connectivity index (χ0v) is 15.5. The number of guanidine groups is 1. The summed E-state index contributed by atoms with van der Waals surface area (Å²) in [6.45, 7) is 0. The molecule has 2 aromatic rings. The predicted octanol–water partition coefficient (Wildman–Crippen LogP) is 3.67. The lowest BCUT2D eigenvalue weighted by Gasteiger charge is -2.08. The molecule has 0 spiro atoms. The summed E-state index contributed by atoms with van der Waals surface area (Å²) in [5, 5.41) is 2.88. The van der Waals surface area contributed by atoms with Gasteiger partial charge in [0, 0.05) is 20.9 Å². The van der Waals surface area contributed by atoms with Gasteiger partial charge in [-0.25, -0.2) is 13.4 Å². The molecule has 2 rings (SSSR count). The van der Waals surface area contributed by atoms with E-state index in [1.807, 2.05) is 18.2 Å². The lowest BCUT2D eigenvalue weighted by Crippen LogP contribution is -2.22. The molecule has 2 aromatic carbocycles. The summed E-state index contributed by atoms with van der Waals surface area (Å²) in [7, 11) is -3.27. The third-order valence-corrected chi connectivity index (χ3v) is 4.96. The predicted molar refractivity (Wildman–Crippen MR) is 96.3 cm³/mol. The van der Waals surface area contributed by atoms with Crippen molar-refractivity contribution in [3.63, 3.8) is 0 Å². The minimum Gasteiger partial charge on any atom is -0.369 e. The highest BCUT2D eigenvalue weighted by molar-refractivity contribution is 9.11. The first-order valence-corrected chi connectivity index (χ1v) is 9.60. The van der Waals surface area contributed by atoms with Crippen LogP contribution in [0.5, 0.6) is 0 Å². The Bertz CT molecular complexity index is 836. The van der Waals surface area contributed by atoms with Gasteiger partial charge in [-0.1, -0.05) is 22.0 Å². The molecule has 0 aromatic heterocycles. The minimum atomic E-state index is -3.27. The quantitative estimate of drug-likeness (QED) is 0.556. The summed E-state index contributed by atoms with van der Waals surface area (Å²) in [5.74, 6) is 0.157. The van der Waals surface area contributed by atoms with Gasteiger partial charge in [-0.2, -0.15) is 0 Å². The maximum absolute atomic E-state index is 11.5. The van der Waals surface area contributed by atoms with Crippen molar-refractivity contribution in [2.24, 2.45) is 10.7 Å². The molecule has 0 saturated carbocycles. The topological polar surface area (TPSA) is 84.5 Å². The zero-order chi connectivity index (χ0) is 16.3. The number of sulfone groups is 1. The van der Waals surface area contributed by atoms with Gasteiger partial charge >= 0.3 is 0 Å². The highest BCUT2D eigenvalue weighted by Crippen LogP contribution is 2.28. The van der Waals surface area contributed by atoms with Crippen LogP contribution in [0.25, 0.3) is 0 Å². The number of hydrogen-bond donors (Lipinski definition) is 2. The standard InChI is InChI=1S/C14H13Br2N3O2S/c1-22(20,21)11-4-2-3-10(8-11)18-14(17)19-13-7-9(15)5-6-12(13)16/h2-8H,1H3,(H3,17,18,19). The smallest absolute Gasteiger partial charge is 0.198 e. The average molecular weight is 447 g/mol. The Balaban J connectivity index is 2.27. The minimum absolute atomic E-state index is 0.157. The SMILES string of the molecule is CS(=O)(=O)c1cccc(NC(N)=Nc2cc(Br)ccc2Br)c1. The van der Waals surface area contributed by atoms with E-state index in [2.05, 4.69) is 42.2 Å². The fraction of sp³-hybridized carbons (Fsp3) is 0.0714. The van der Waals surface area contributed by atoms with Gasteiger partial charge in [0.2, 0.25) is 0 Å². The van der Waals surface area contributed by atoms with Crippen LogP contribution >= 0.6 is 31.9 Å². The number of hydrogen-bond acceptors (Lipinski definition) is 3. The molecule has 0 unspecified atom stereocenters. The molecule has 0 aliphatic heterocycles. The van der Waals surface area contributed by atoms with Crippen LogP contribution in [-0.2, 0) is 9.84 Å². The molecule has 0 atom stereocenters. The number of nitrogens with one attached hydrogen (secondary N) is 1. The van der Waals surface area contributed by atoms with Crippen molar-refractivity contribution in [1.82, 2.24) is 0 Å². The first-order valence-electron chi connectivity index (χ1n) is 6.12. The van der Waals surface area contributed by atoms with E-state index >= 15 is 0 Å².